The van der Waals surface area contributed by atoms with Crippen LogP contribution in [0.25, 0.3) is 10.4 Å². The second-order valence-electron chi connectivity index (χ2n) is 5.18. The summed E-state index contributed by atoms with van der Waals surface area (Å²) in [5.41, 5.74) is 8.10. The first-order valence-electron chi connectivity index (χ1n) is 7.29. The molecule has 3 aromatic rings. The SMILES string of the molecule is COc1ccc(Oc2ncc(-c3ccc(C(C)N)cc3)s2)cc1. The minimum absolute atomic E-state index is 0.0412. The first-order chi connectivity index (χ1) is 11.2. The van der Waals surface area contributed by atoms with Gasteiger partial charge < -0.3 is 15.2 Å². The molecule has 3 rings (SSSR count). The zero-order chi connectivity index (χ0) is 16.2. The lowest BCUT2D eigenvalue weighted by Gasteiger charge is -2.05. The number of ether oxygens (including phenoxy) is 2. The monoisotopic (exact) mass is 326 g/mol. The molecule has 0 bridgehead atoms. The molecule has 0 aliphatic carbocycles. The average Bonchev–Trinajstić information content (AvgIpc) is 3.04. The highest BCUT2D eigenvalue weighted by Gasteiger charge is 2.07. The molecule has 0 amide bonds. The fraction of sp³-hybridized carbons (Fsp3) is 0.167. The van der Waals surface area contributed by atoms with Crippen LogP contribution in [0.1, 0.15) is 18.5 Å². The fourth-order valence-electron chi connectivity index (χ4n) is 2.13. The maximum atomic E-state index is 5.87. The van der Waals surface area contributed by atoms with Gasteiger partial charge >= 0.3 is 0 Å². The molecule has 2 N–H and O–H groups in total. The van der Waals surface area contributed by atoms with Gasteiger partial charge in [-0.25, -0.2) is 4.98 Å². The molecule has 0 aliphatic heterocycles. The van der Waals surface area contributed by atoms with Crippen molar-refractivity contribution in [1.29, 1.82) is 0 Å². The van der Waals surface area contributed by atoms with Crippen LogP contribution in [0.15, 0.2) is 54.7 Å². The molecule has 0 spiro atoms. The van der Waals surface area contributed by atoms with E-state index < -0.39 is 0 Å². The predicted octanol–water partition coefficient (Wildman–Crippen LogP) is 4.63. The van der Waals surface area contributed by atoms with Crippen LogP contribution in [-0.4, -0.2) is 12.1 Å². The molecule has 5 heteroatoms. The van der Waals surface area contributed by atoms with Gasteiger partial charge in [-0.1, -0.05) is 35.6 Å². The molecule has 1 unspecified atom stereocenters. The molecule has 1 heterocycles. The van der Waals surface area contributed by atoms with Crippen LogP contribution in [0.3, 0.4) is 0 Å². The Labute approximate surface area is 139 Å². The van der Waals surface area contributed by atoms with Gasteiger partial charge in [-0.15, -0.1) is 0 Å². The highest BCUT2D eigenvalue weighted by Crippen LogP contribution is 2.33. The summed E-state index contributed by atoms with van der Waals surface area (Å²) in [6.07, 6.45) is 1.82. The zero-order valence-electron chi connectivity index (χ0n) is 13.0. The summed E-state index contributed by atoms with van der Waals surface area (Å²) in [7, 11) is 1.64. The van der Waals surface area contributed by atoms with Gasteiger partial charge in [0, 0.05) is 12.2 Å². The third-order valence-electron chi connectivity index (χ3n) is 3.47. The molecular weight excluding hydrogens is 308 g/mol. The Morgan fingerprint density at radius 2 is 1.65 bits per heavy atom. The van der Waals surface area contributed by atoms with Crippen LogP contribution in [-0.2, 0) is 0 Å². The fourth-order valence-corrected chi connectivity index (χ4v) is 2.93. The Morgan fingerprint density at radius 1 is 1.00 bits per heavy atom. The summed E-state index contributed by atoms with van der Waals surface area (Å²) < 4.78 is 10.9. The van der Waals surface area contributed by atoms with Gasteiger partial charge in [0.25, 0.3) is 5.19 Å². The lowest BCUT2D eigenvalue weighted by molar-refractivity contribution is 0.412. The van der Waals surface area contributed by atoms with Crippen LogP contribution < -0.4 is 15.2 Å². The van der Waals surface area contributed by atoms with Crippen molar-refractivity contribution >= 4 is 11.3 Å². The van der Waals surface area contributed by atoms with Gasteiger partial charge in [-0.2, -0.15) is 0 Å². The Morgan fingerprint density at radius 3 is 2.26 bits per heavy atom. The second kappa shape index (κ2) is 6.81. The topological polar surface area (TPSA) is 57.4 Å². The Kier molecular flexibility index (Phi) is 4.60. The van der Waals surface area contributed by atoms with Gasteiger partial charge in [-0.05, 0) is 42.3 Å². The van der Waals surface area contributed by atoms with E-state index in [1.54, 1.807) is 7.11 Å². The third-order valence-corrected chi connectivity index (χ3v) is 4.39. The molecule has 1 atom stereocenters. The van der Waals surface area contributed by atoms with Crippen molar-refractivity contribution in [3.05, 3.63) is 60.3 Å². The van der Waals surface area contributed by atoms with Crippen LogP contribution >= 0.6 is 11.3 Å². The molecule has 0 aliphatic rings. The minimum Gasteiger partial charge on any atom is -0.497 e. The first kappa shape index (κ1) is 15.5. The lowest BCUT2D eigenvalue weighted by Crippen LogP contribution is -2.04. The van der Waals surface area contributed by atoms with Crippen LogP contribution in [0.2, 0.25) is 0 Å². The van der Waals surface area contributed by atoms with Crippen LogP contribution in [0.5, 0.6) is 16.7 Å². The van der Waals surface area contributed by atoms with Crippen molar-refractivity contribution in [2.45, 2.75) is 13.0 Å². The Hall–Kier alpha value is -2.37. The number of thiazole rings is 1. The summed E-state index contributed by atoms with van der Waals surface area (Å²) >= 11 is 1.51. The number of nitrogens with two attached hydrogens (primary N) is 1. The van der Waals surface area contributed by atoms with Crippen LogP contribution in [0.4, 0.5) is 0 Å². The van der Waals surface area contributed by atoms with Crippen molar-refractivity contribution in [3.8, 4) is 27.1 Å². The molecule has 4 nitrogen and oxygen atoms in total. The van der Waals surface area contributed by atoms with E-state index in [1.165, 1.54) is 11.3 Å². The molecule has 0 saturated heterocycles. The summed E-state index contributed by atoms with van der Waals surface area (Å²) in [5.74, 6) is 1.53. The molecule has 0 fully saturated rings. The van der Waals surface area contributed by atoms with Crippen molar-refractivity contribution in [2.75, 3.05) is 7.11 Å². The first-order valence-corrected chi connectivity index (χ1v) is 8.11. The van der Waals surface area contributed by atoms with Crippen molar-refractivity contribution in [1.82, 2.24) is 4.98 Å². The normalized spacial score (nSPS) is 12.0. The summed E-state index contributed by atoms with van der Waals surface area (Å²) in [6, 6.07) is 15.7. The summed E-state index contributed by atoms with van der Waals surface area (Å²) in [4.78, 5) is 5.39. The molecule has 0 radical (unpaired) electrons. The molecule has 1 aromatic heterocycles. The standard InChI is InChI=1S/C18H18N2O2S/c1-12(19)13-3-5-14(6-4-13)17-11-20-18(23-17)22-16-9-7-15(21-2)8-10-16/h3-12H,19H2,1-2H3. The van der Waals surface area contributed by atoms with Gasteiger partial charge in [0.1, 0.15) is 11.5 Å². The van der Waals surface area contributed by atoms with E-state index in [0.717, 1.165) is 27.5 Å². The third kappa shape index (κ3) is 3.70. The van der Waals surface area contributed by atoms with Crippen molar-refractivity contribution < 1.29 is 9.47 Å². The molecule has 118 valence electrons. The van der Waals surface area contributed by atoms with Crippen LogP contribution in [0, 0.1) is 0 Å². The molecular formula is C18H18N2O2S. The molecule has 2 aromatic carbocycles. The van der Waals surface area contributed by atoms with E-state index >= 15 is 0 Å². The minimum atomic E-state index is 0.0412. The van der Waals surface area contributed by atoms with E-state index in [2.05, 4.69) is 17.1 Å². The van der Waals surface area contributed by atoms with E-state index in [-0.39, 0.29) is 6.04 Å². The van der Waals surface area contributed by atoms with Gasteiger partial charge in [0.15, 0.2) is 0 Å². The van der Waals surface area contributed by atoms with Gasteiger partial charge in [0.2, 0.25) is 0 Å². The summed E-state index contributed by atoms with van der Waals surface area (Å²) in [6.45, 7) is 1.97. The predicted molar refractivity (Wildman–Crippen MR) is 93.2 cm³/mol. The van der Waals surface area contributed by atoms with Crippen molar-refractivity contribution in [3.63, 3.8) is 0 Å². The molecule has 0 saturated carbocycles. The Bertz CT molecular complexity index is 764. The number of hydrogen-bond donors (Lipinski definition) is 1. The van der Waals surface area contributed by atoms with Gasteiger partial charge in [0.05, 0.1) is 12.0 Å². The maximum absolute atomic E-state index is 5.87. The van der Waals surface area contributed by atoms with Gasteiger partial charge in [-0.3, -0.25) is 0 Å². The average molecular weight is 326 g/mol. The quantitative estimate of drug-likeness (QED) is 0.742. The number of hydrogen-bond acceptors (Lipinski definition) is 5. The number of benzene rings is 2. The number of nitrogens with zero attached hydrogens (tertiary/aromatic N) is 1. The number of methoxy groups -OCH3 is 1. The lowest BCUT2D eigenvalue weighted by atomic mass is 10.1. The Balaban J connectivity index is 1.74. The number of rotatable bonds is 5. The largest absolute Gasteiger partial charge is 0.497 e. The highest BCUT2D eigenvalue weighted by atomic mass is 32.1. The smallest absolute Gasteiger partial charge is 0.279 e. The molecule has 23 heavy (non-hydrogen) atoms. The van der Waals surface area contributed by atoms with E-state index in [4.69, 9.17) is 15.2 Å². The van der Waals surface area contributed by atoms with E-state index in [1.807, 2.05) is 49.5 Å². The second-order valence-corrected chi connectivity index (χ2v) is 6.17. The summed E-state index contributed by atoms with van der Waals surface area (Å²) in [5, 5.41) is 0.612. The maximum Gasteiger partial charge on any atom is 0.279 e. The number of aromatic nitrogens is 1. The highest BCUT2D eigenvalue weighted by molar-refractivity contribution is 7.16. The van der Waals surface area contributed by atoms with E-state index in [9.17, 15) is 0 Å². The van der Waals surface area contributed by atoms with Crippen molar-refractivity contribution in [2.24, 2.45) is 5.73 Å². The zero-order valence-corrected chi connectivity index (χ0v) is 13.8. The van der Waals surface area contributed by atoms with E-state index in [0.29, 0.717) is 5.19 Å².